The second kappa shape index (κ2) is 11.2. The molecule has 0 saturated carbocycles. The van der Waals surface area contributed by atoms with E-state index in [9.17, 15) is 4.39 Å². The molecule has 0 radical (unpaired) electrons. The van der Waals surface area contributed by atoms with Crippen molar-refractivity contribution in [2.45, 2.75) is 71.3 Å². The van der Waals surface area contributed by atoms with Gasteiger partial charge in [0.2, 0.25) is 0 Å². The molecule has 0 spiro atoms. The molecule has 0 amide bonds. The molecular formula is C18H29BrFN. The van der Waals surface area contributed by atoms with E-state index in [-0.39, 0.29) is 5.82 Å². The van der Waals surface area contributed by atoms with Crippen molar-refractivity contribution in [2.75, 3.05) is 6.54 Å². The maximum Gasteiger partial charge on any atom is 0.127 e. The minimum Gasteiger partial charge on any atom is -0.314 e. The normalized spacial score (nSPS) is 12.6. The number of unbranched alkanes of at least 4 members (excludes halogenated alkanes) is 5. The highest BCUT2D eigenvalue weighted by Gasteiger charge is 2.11. The van der Waals surface area contributed by atoms with Crippen molar-refractivity contribution in [3.63, 3.8) is 0 Å². The van der Waals surface area contributed by atoms with E-state index in [4.69, 9.17) is 0 Å². The smallest absolute Gasteiger partial charge is 0.127 e. The van der Waals surface area contributed by atoms with Crippen LogP contribution in [0.3, 0.4) is 0 Å². The molecule has 120 valence electrons. The average Bonchev–Trinajstić information content (AvgIpc) is 2.45. The third kappa shape index (κ3) is 7.96. The lowest BCUT2D eigenvalue weighted by molar-refractivity contribution is 0.452. The summed E-state index contributed by atoms with van der Waals surface area (Å²) in [6.45, 7) is 5.30. The van der Waals surface area contributed by atoms with Gasteiger partial charge in [-0.1, -0.05) is 74.4 Å². The maximum absolute atomic E-state index is 13.9. The highest BCUT2D eigenvalue weighted by atomic mass is 79.9. The SMILES string of the molecule is CCCCCCCCC(Cc1ccc(Br)cc1F)NCC. The number of rotatable bonds is 11. The summed E-state index contributed by atoms with van der Waals surface area (Å²) < 4.78 is 14.7. The molecule has 0 aliphatic rings. The second-order valence-corrected chi connectivity index (χ2v) is 6.67. The Hall–Kier alpha value is -0.410. The molecule has 0 aromatic heterocycles. The zero-order valence-electron chi connectivity index (χ0n) is 13.4. The first-order chi connectivity index (χ1) is 10.2. The minimum absolute atomic E-state index is 0.102. The standard InChI is InChI=1S/C18H29BrFN/c1-3-5-6-7-8-9-10-17(21-4-2)13-15-11-12-16(19)14-18(15)20/h11-12,14,17,21H,3-10,13H2,1-2H3. The summed E-state index contributed by atoms with van der Waals surface area (Å²) in [6.07, 6.45) is 9.77. The summed E-state index contributed by atoms with van der Waals surface area (Å²) in [5, 5.41) is 3.50. The Kier molecular flexibility index (Phi) is 9.94. The molecule has 21 heavy (non-hydrogen) atoms. The van der Waals surface area contributed by atoms with E-state index >= 15 is 0 Å². The van der Waals surface area contributed by atoms with Crippen LogP contribution in [0, 0.1) is 5.82 Å². The van der Waals surface area contributed by atoms with Crippen LogP contribution in [0.5, 0.6) is 0 Å². The van der Waals surface area contributed by atoms with Crippen molar-refractivity contribution in [1.82, 2.24) is 5.32 Å². The monoisotopic (exact) mass is 357 g/mol. The van der Waals surface area contributed by atoms with Gasteiger partial charge in [-0.3, -0.25) is 0 Å². The molecular weight excluding hydrogens is 329 g/mol. The second-order valence-electron chi connectivity index (χ2n) is 5.75. The van der Waals surface area contributed by atoms with Crippen LogP contribution in [0.25, 0.3) is 0 Å². The lowest BCUT2D eigenvalue weighted by Crippen LogP contribution is -2.31. The van der Waals surface area contributed by atoms with Gasteiger partial charge >= 0.3 is 0 Å². The number of hydrogen-bond donors (Lipinski definition) is 1. The van der Waals surface area contributed by atoms with Crippen molar-refractivity contribution in [3.8, 4) is 0 Å². The zero-order chi connectivity index (χ0) is 15.5. The Balaban J connectivity index is 2.38. The van der Waals surface area contributed by atoms with E-state index in [0.717, 1.165) is 29.4 Å². The number of likely N-dealkylation sites (N-methyl/N-ethyl adjacent to an activating group) is 1. The Morgan fingerprint density at radius 2 is 1.81 bits per heavy atom. The first kappa shape index (κ1) is 18.6. The van der Waals surface area contributed by atoms with E-state index in [2.05, 4.69) is 35.1 Å². The quantitative estimate of drug-likeness (QED) is 0.489. The lowest BCUT2D eigenvalue weighted by Gasteiger charge is -2.18. The zero-order valence-corrected chi connectivity index (χ0v) is 15.0. The van der Waals surface area contributed by atoms with Gasteiger partial charge in [0.15, 0.2) is 0 Å². The van der Waals surface area contributed by atoms with E-state index in [1.165, 1.54) is 38.5 Å². The van der Waals surface area contributed by atoms with Gasteiger partial charge in [-0.25, -0.2) is 4.39 Å². The Bertz CT molecular complexity index is 395. The van der Waals surface area contributed by atoms with Gasteiger partial charge in [-0.05, 0) is 37.1 Å². The highest BCUT2D eigenvalue weighted by molar-refractivity contribution is 9.10. The molecule has 0 saturated heterocycles. The maximum atomic E-state index is 13.9. The topological polar surface area (TPSA) is 12.0 Å². The number of halogens is 2. The van der Waals surface area contributed by atoms with Gasteiger partial charge in [0.25, 0.3) is 0 Å². The van der Waals surface area contributed by atoms with Crippen LogP contribution in [0.15, 0.2) is 22.7 Å². The van der Waals surface area contributed by atoms with Crippen LogP contribution < -0.4 is 5.32 Å². The number of benzene rings is 1. The molecule has 1 nitrogen and oxygen atoms in total. The van der Waals surface area contributed by atoms with E-state index < -0.39 is 0 Å². The Morgan fingerprint density at radius 3 is 2.48 bits per heavy atom. The third-order valence-corrected chi connectivity index (χ3v) is 4.37. The van der Waals surface area contributed by atoms with Crippen LogP contribution in [0.2, 0.25) is 0 Å². The molecule has 1 aromatic carbocycles. The molecule has 0 aliphatic heterocycles. The Morgan fingerprint density at radius 1 is 1.10 bits per heavy atom. The van der Waals surface area contributed by atoms with Crippen molar-refractivity contribution in [1.29, 1.82) is 0 Å². The highest BCUT2D eigenvalue weighted by Crippen LogP contribution is 2.18. The third-order valence-electron chi connectivity index (χ3n) is 3.88. The Labute approximate surface area is 137 Å². The molecule has 1 aromatic rings. The first-order valence-electron chi connectivity index (χ1n) is 8.34. The summed E-state index contributed by atoms with van der Waals surface area (Å²) in [5.74, 6) is -0.102. The van der Waals surface area contributed by atoms with Crippen LogP contribution >= 0.6 is 15.9 Å². The van der Waals surface area contributed by atoms with Crippen LogP contribution in [0.1, 0.15) is 64.4 Å². The number of nitrogens with one attached hydrogen (secondary N) is 1. The van der Waals surface area contributed by atoms with Crippen LogP contribution in [0.4, 0.5) is 4.39 Å². The molecule has 0 bridgehead atoms. The fourth-order valence-corrected chi connectivity index (χ4v) is 3.02. The largest absolute Gasteiger partial charge is 0.314 e. The van der Waals surface area contributed by atoms with Gasteiger partial charge in [0.1, 0.15) is 5.82 Å². The number of hydrogen-bond acceptors (Lipinski definition) is 1. The molecule has 1 atom stereocenters. The van der Waals surface area contributed by atoms with Crippen LogP contribution in [-0.2, 0) is 6.42 Å². The van der Waals surface area contributed by atoms with Crippen LogP contribution in [-0.4, -0.2) is 12.6 Å². The molecule has 3 heteroatoms. The van der Waals surface area contributed by atoms with Crippen molar-refractivity contribution in [2.24, 2.45) is 0 Å². The molecule has 0 heterocycles. The van der Waals surface area contributed by atoms with E-state index in [1.54, 1.807) is 6.07 Å². The fourth-order valence-electron chi connectivity index (χ4n) is 2.69. The summed E-state index contributed by atoms with van der Waals surface area (Å²) in [7, 11) is 0. The van der Waals surface area contributed by atoms with Gasteiger partial charge < -0.3 is 5.32 Å². The van der Waals surface area contributed by atoms with Crippen molar-refractivity contribution < 1.29 is 4.39 Å². The summed E-state index contributed by atoms with van der Waals surface area (Å²) in [4.78, 5) is 0. The van der Waals surface area contributed by atoms with Gasteiger partial charge in [0, 0.05) is 10.5 Å². The van der Waals surface area contributed by atoms with Crippen molar-refractivity contribution >= 4 is 15.9 Å². The first-order valence-corrected chi connectivity index (χ1v) is 9.14. The van der Waals surface area contributed by atoms with E-state index in [0.29, 0.717) is 6.04 Å². The van der Waals surface area contributed by atoms with Gasteiger partial charge in [-0.2, -0.15) is 0 Å². The fraction of sp³-hybridized carbons (Fsp3) is 0.667. The molecule has 0 aliphatic carbocycles. The average molecular weight is 358 g/mol. The van der Waals surface area contributed by atoms with Gasteiger partial charge in [0.05, 0.1) is 0 Å². The van der Waals surface area contributed by atoms with Crippen molar-refractivity contribution in [3.05, 3.63) is 34.1 Å². The summed E-state index contributed by atoms with van der Waals surface area (Å²) >= 11 is 3.31. The van der Waals surface area contributed by atoms with Gasteiger partial charge in [-0.15, -0.1) is 0 Å². The molecule has 1 unspecified atom stereocenters. The summed E-state index contributed by atoms with van der Waals surface area (Å²) in [6, 6.07) is 5.76. The molecule has 0 fully saturated rings. The molecule has 1 rings (SSSR count). The lowest BCUT2D eigenvalue weighted by atomic mass is 9.99. The molecule has 1 N–H and O–H groups in total. The predicted octanol–water partition coefficient (Wildman–Crippen LogP) is 5.86. The van der Waals surface area contributed by atoms with E-state index in [1.807, 2.05) is 12.1 Å². The minimum atomic E-state index is -0.102. The summed E-state index contributed by atoms with van der Waals surface area (Å²) in [5.41, 5.74) is 0.815. The predicted molar refractivity (Wildman–Crippen MR) is 93.3 cm³/mol.